The SMILES string of the molecule is COCCOCOc1ccc(CC(=O)OCC2=C[C@H]3[C@@H]4C(C)(C)[C@]4(OC(C)=O)[C@H](OC(=O)Cc4ccccc4)[C@@H](C)[C@]3(O)[C@@H]3C=C(C)C(=O)[C@@]3(O)C2)cc1OC. The zero-order chi connectivity index (χ0) is 40.6. The van der Waals surface area contributed by atoms with Crippen LogP contribution in [-0.2, 0) is 55.7 Å². The molecule has 2 fully saturated rings. The Morgan fingerprint density at radius 1 is 0.911 bits per heavy atom. The van der Waals surface area contributed by atoms with Crippen molar-refractivity contribution >= 4 is 23.7 Å². The van der Waals surface area contributed by atoms with Crippen molar-refractivity contribution in [3.05, 3.63) is 83.0 Å². The minimum Gasteiger partial charge on any atom is -0.493 e. The fourth-order valence-electron chi connectivity index (χ4n) is 9.64. The maximum Gasteiger partial charge on any atom is 0.310 e. The molecule has 4 aliphatic rings. The summed E-state index contributed by atoms with van der Waals surface area (Å²) in [6.07, 6.45) is 1.84. The summed E-state index contributed by atoms with van der Waals surface area (Å²) in [7, 11) is 3.05. The van der Waals surface area contributed by atoms with Gasteiger partial charge in [0.15, 0.2) is 29.7 Å². The minimum absolute atomic E-state index is 0.0179. The number of Topliss-reactive ketones (excluding diaryl/α,β-unsaturated/α-hetero) is 1. The van der Waals surface area contributed by atoms with E-state index in [-0.39, 0.29) is 38.2 Å². The monoisotopic (exact) mass is 776 g/mol. The van der Waals surface area contributed by atoms with E-state index in [0.29, 0.717) is 35.8 Å². The van der Waals surface area contributed by atoms with Gasteiger partial charge in [0.25, 0.3) is 0 Å². The summed E-state index contributed by atoms with van der Waals surface area (Å²) in [6.45, 7) is 8.85. The molecule has 0 bridgehead atoms. The Labute approximate surface area is 326 Å². The van der Waals surface area contributed by atoms with Crippen molar-refractivity contribution in [2.75, 3.05) is 40.8 Å². The Kier molecular flexibility index (Phi) is 11.6. The summed E-state index contributed by atoms with van der Waals surface area (Å²) in [5.41, 5.74) is -4.10. The number of aliphatic hydroxyl groups is 2. The Balaban J connectivity index is 1.28. The molecule has 302 valence electrons. The smallest absolute Gasteiger partial charge is 0.310 e. The lowest BCUT2D eigenvalue weighted by Crippen LogP contribution is -2.66. The second kappa shape index (κ2) is 15.8. The molecule has 0 saturated heterocycles. The van der Waals surface area contributed by atoms with Gasteiger partial charge in [-0.2, -0.15) is 0 Å². The van der Waals surface area contributed by atoms with Crippen LogP contribution in [0.5, 0.6) is 11.5 Å². The molecule has 0 aromatic heterocycles. The second-order valence-electron chi connectivity index (χ2n) is 15.9. The molecule has 2 N–H and O–H groups in total. The molecule has 0 heterocycles. The first-order valence-electron chi connectivity index (χ1n) is 18.9. The van der Waals surface area contributed by atoms with Crippen LogP contribution in [0.2, 0.25) is 0 Å². The van der Waals surface area contributed by atoms with E-state index in [4.69, 9.17) is 33.2 Å². The first-order chi connectivity index (χ1) is 26.5. The summed E-state index contributed by atoms with van der Waals surface area (Å²) in [4.78, 5) is 53.5. The molecule has 0 radical (unpaired) electrons. The highest BCUT2D eigenvalue weighted by Crippen LogP contribution is 2.77. The summed E-state index contributed by atoms with van der Waals surface area (Å²) < 4.78 is 39.6. The van der Waals surface area contributed by atoms with Gasteiger partial charge in [-0.1, -0.05) is 69.3 Å². The molecule has 6 rings (SSSR count). The van der Waals surface area contributed by atoms with Crippen LogP contribution >= 0.6 is 0 Å². The van der Waals surface area contributed by atoms with E-state index in [1.54, 1.807) is 63.4 Å². The number of ketones is 1. The van der Waals surface area contributed by atoms with Gasteiger partial charge in [-0.15, -0.1) is 0 Å². The Bertz CT molecular complexity index is 1900. The molecular formula is C43H52O13. The zero-order valence-corrected chi connectivity index (χ0v) is 33.0. The quantitative estimate of drug-likeness (QED) is 0.0872. The van der Waals surface area contributed by atoms with Gasteiger partial charge in [-0.3, -0.25) is 19.2 Å². The van der Waals surface area contributed by atoms with Crippen LogP contribution in [0, 0.1) is 29.1 Å². The first-order valence-corrected chi connectivity index (χ1v) is 18.9. The largest absolute Gasteiger partial charge is 0.493 e. The number of fused-ring (bicyclic) bond motifs is 5. The van der Waals surface area contributed by atoms with E-state index in [1.165, 1.54) is 14.0 Å². The number of hydrogen-bond acceptors (Lipinski definition) is 13. The van der Waals surface area contributed by atoms with Gasteiger partial charge in [-0.25, -0.2) is 0 Å². The van der Waals surface area contributed by atoms with Crippen molar-refractivity contribution in [2.45, 2.75) is 76.8 Å². The zero-order valence-electron chi connectivity index (χ0n) is 33.0. The molecule has 0 aliphatic heterocycles. The van der Waals surface area contributed by atoms with Crippen LogP contribution in [0.4, 0.5) is 0 Å². The summed E-state index contributed by atoms with van der Waals surface area (Å²) in [5.74, 6) is -4.94. The van der Waals surface area contributed by atoms with Gasteiger partial charge < -0.3 is 43.4 Å². The average Bonchev–Trinajstić information content (AvgIpc) is 3.57. The predicted octanol–water partition coefficient (Wildman–Crippen LogP) is 4.10. The van der Waals surface area contributed by atoms with Gasteiger partial charge in [0.2, 0.25) is 0 Å². The molecular weight excluding hydrogens is 724 g/mol. The summed E-state index contributed by atoms with van der Waals surface area (Å²) >= 11 is 0. The summed E-state index contributed by atoms with van der Waals surface area (Å²) in [6, 6.07) is 14.1. The van der Waals surface area contributed by atoms with E-state index < -0.39 is 75.7 Å². The van der Waals surface area contributed by atoms with Gasteiger partial charge in [0.05, 0.1) is 38.8 Å². The highest BCUT2D eigenvalue weighted by molar-refractivity contribution is 6.05. The first kappa shape index (κ1) is 41.1. The highest BCUT2D eigenvalue weighted by atomic mass is 16.7. The van der Waals surface area contributed by atoms with Crippen LogP contribution in [0.3, 0.4) is 0 Å². The predicted molar refractivity (Wildman–Crippen MR) is 200 cm³/mol. The van der Waals surface area contributed by atoms with Crippen molar-refractivity contribution in [2.24, 2.45) is 29.1 Å². The number of ether oxygens (including phenoxy) is 7. The number of hydrogen-bond donors (Lipinski definition) is 2. The van der Waals surface area contributed by atoms with Crippen LogP contribution in [0.15, 0.2) is 71.8 Å². The number of benzene rings is 2. The van der Waals surface area contributed by atoms with Gasteiger partial charge in [0.1, 0.15) is 18.3 Å². The van der Waals surface area contributed by atoms with Crippen LogP contribution in [0.25, 0.3) is 0 Å². The standard InChI is InChI=1S/C43H52O13/c1-25-17-34-41(48,38(25)47)22-30(23-53-35(45)21-29-13-14-32(33(19-29)51-7)54-24-52-16-15-50-6)18-31-37-40(4,5)43(37,56-27(3)44)39(26(2)42(31,34)49)55-36(46)20-28-11-9-8-10-12-28/h8-14,17-19,26,31,34,37,39,48-49H,15-16,20-24H2,1-7H3/t26-,31+,34-,37-,39-,41-,42-,43-/m1/s1. The molecule has 56 heavy (non-hydrogen) atoms. The third-order valence-electron chi connectivity index (χ3n) is 12.2. The minimum atomic E-state index is -2.09. The fraction of sp³-hybridized carbons (Fsp3) is 0.535. The maximum absolute atomic E-state index is 13.8. The molecule has 0 spiro atoms. The lowest BCUT2D eigenvalue weighted by atomic mass is 9.59. The van der Waals surface area contributed by atoms with E-state index in [9.17, 15) is 29.4 Å². The Morgan fingerprint density at radius 2 is 1.62 bits per heavy atom. The molecule has 8 atom stereocenters. The van der Waals surface area contributed by atoms with Gasteiger partial charge in [-0.05, 0) is 41.3 Å². The van der Waals surface area contributed by atoms with Gasteiger partial charge >= 0.3 is 17.9 Å². The maximum atomic E-state index is 13.8. The average molecular weight is 777 g/mol. The van der Waals surface area contributed by atoms with E-state index in [1.807, 2.05) is 32.0 Å². The molecule has 13 heteroatoms. The Hall–Kier alpha value is -4.56. The third-order valence-corrected chi connectivity index (χ3v) is 12.2. The van der Waals surface area contributed by atoms with Crippen molar-refractivity contribution in [3.8, 4) is 11.5 Å². The normalized spacial score (nSPS) is 31.0. The van der Waals surface area contributed by atoms with Crippen molar-refractivity contribution in [1.82, 2.24) is 0 Å². The molecule has 13 nitrogen and oxygen atoms in total. The van der Waals surface area contributed by atoms with Crippen LogP contribution in [0.1, 0.15) is 52.2 Å². The number of methoxy groups -OCH3 is 2. The number of rotatable bonds is 15. The van der Waals surface area contributed by atoms with E-state index in [2.05, 4.69) is 0 Å². The summed E-state index contributed by atoms with van der Waals surface area (Å²) in [5, 5.41) is 25.5. The topological polar surface area (TPSA) is 173 Å². The van der Waals surface area contributed by atoms with Gasteiger partial charge in [0, 0.05) is 49.5 Å². The molecule has 2 aromatic rings. The fourth-order valence-corrected chi connectivity index (χ4v) is 9.64. The number of carbonyl (C=O) groups is 4. The highest BCUT2D eigenvalue weighted by Gasteiger charge is 2.87. The third kappa shape index (κ3) is 7.14. The van der Waals surface area contributed by atoms with E-state index >= 15 is 0 Å². The molecule has 2 aromatic carbocycles. The number of carbonyl (C=O) groups excluding carboxylic acids is 4. The lowest BCUT2D eigenvalue weighted by molar-refractivity contribution is -0.228. The second-order valence-corrected chi connectivity index (χ2v) is 15.9. The molecule has 2 saturated carbocycles. The van der Waals surface area contributed by atoms with E-state index in [0.717, 1.165) is 5.56 Å². The van der Waals surface area contributed by atoms with Crippen molar-refractivity contribution < 1.29 is 62.5 Å². The molecule has 0 unspecified atom stereocenters. The molecule has 4 aliphatic carbocycles. The van der Waals surface area contributed by atoms with Crippen molar-refractivity contribution in [1.29, 1.82) is 0 Å². The Morgan fingerprint density at radius 3 is 2.30 bits per heavy atom. The van der Waals surface area contributed by atoms with Crippen LogP contribution < -0.4 is 9.47 Å². The van der Waals surface area contributed by atoms with Crippen LogP contribution in [-0.4, -0.2) is 97.6 Å². The number of esters is 3. The molecule has 0 amide bonds. The van der Waals surface area contributed by atoms with Crippen molar-refractivity contribution in [3.63, 3.8) is 0 Å². The lowest BCUT2D eigenvalue weighted by Gasteiger charge is -2.53.